The molecule has 0 saturated carbocycles. The van der Waals surface area contributed by atoms with E-state index in [0.717, 1.165) is 4.47 Å². The summed E-state index contributed by atoms with van der Waals surface area (Å²) in [6.07, 6.45) is 1.60. The van der Waals surface area contributed by atoms with Gasteiger partial charge < -0.3 is 9.64 Å². The second-order valence-corrected chi connectivity index (χ2v) is 9.41. The van der Waals surface area contributed by atoms with Gasteiger partial charge in [-0.05, 0) is 68.5 Å². The first-order chi connectivity index (χ1) is 12.7. The molecule has 1 amide bonds. The van der Waals surface area contributed by atoms with E-state index in [-0.39, 0.29) is 17.8 Å². The molecule has 1 heterocycles. The van der Waals surface area contributed by atoms with Crippen LogP contribution in [0, 0.1) is 0 Å². The number of rotatable bonds is 5. The number of anilines is 1. The average Bonchev–Trinajstić information content (AvgIpc) is 2.96. The smallest absolute Gasteiger partial charge is 0.258 e. The van der Waals surface area contributed by atoms with Gasteiger partial charge in [0, 0.05) is 21.1 Å². The lowest BCUT2D eigenvalue weighted by Gasteiger charge is -2.28. The Labute approximate surface area is 167 Å². The van der Waals surface area contributed by atoms with Crippen LogP contribution in [0.25, 0.3) is 0 Å². The molecule has 1 aliphatic heterocycles. The van der Waals surface area contributed by atoms with E-state index in [4.69, 9.17) is 4.74 Å². The quantitative estimate of drug-likeness (QED) is 0.685. The molecule has 27 heavy (non-hydrogen) atoms. The molecular formula is C20H20BrNO4S. The van der Waals surface area contributed by atoms with E-state index in [1.807, 2.05) is 26.0 Å². The Morgan fingerprint density at radius 1 is 1.11 bits per heavy atom. The Balaban J connectivity index is 1.93. The summed E-state index contributed by atoms with van der Waals surface area (Å²) in [5.74, 6) is 0.295. The van der Waals surface area contributed by atoms with Gasteiger partial charge in [-0.15, -0.1) is 0 Å². The summed E-state index contributed by atoms with van der Waals surface area (Å²) >= 11 is 3.38. The molecule has 5 nitrogen and oxygen atoms in total. The second-order valence-electron chi connectivity index (χ2n) is 6.57. The van der Waals surface area contributed by atoms with Crippen molar-refractivity contribution >= 4 is 37.4 Å². The van der Waals surface area contributed by atoms with Gasteiger partial charge in [0.15, 0.2) is 9.84 Å². The largest absolute Gasteiger partial charge is 0.491 e. The number of amides is 1. The lowest BCUT2D eigenvalue weighted by atomic mass is 10.1. The number of halogens is 1. The van der Waals surface area contributed by atoms with Crippen molar-refractivity contribution in [2.45, 2.75) is 26.0 Å². The van der Waals surface area contributed by atoms with Crippen molar-refractivity contribution in [1.29, 1.82) is 0 Å². The van der Waals surface area contributed by atoms with Gasteiger partial charge in [0.2, 0.25) is 0 Å². The normalized spacial score (nSPS) is 17.9. The summed E-state index contributed by atoms with van der Waals surface area (Å²) in [6.45, 7) is 3.86. The fourth-order valence-electron chi connectivity index (χ4n) is 2.87. The van der Waals surface area contributed by atoms with E-state index in [1.54, 1.807) is 42.5 Å². The molecule has 0 unspecified atom stereocenters. The zero-order chi connectivity index (χ0) is 19.6. The summed E-state index contributed by atoms with van der Waals surface area (Å²) < 4.78 is 30.3. The number of carbonyl (C=O) groups excluding carboxylic acids is 1. The van der Waals surface area contributed by atoms with Crippen LogP contribution in [0.15, 0.2) is 64.5 Å². The van der Waals surface area contributed by atoms with Crippen LogP contribution in [0.4, 0.5) is 5.69 Å². The number of benzene rings is 2. The number of sulfone groups is 1. The van der Waals surface area contributed by atoms with E-state index in [2.05, 4.69) is 15.9 Å². The number of nitrogens with zero attached hydrogens (tertiary/aromatic N) is 1. The minimum atomic E-state index is -3.30. The summed E-state index contributed by atoms with van der Waals surface area (Å²) in [5.41, 5.74) is 1.10. The highest BCUT2D eigenvalue weighted by Gasteiger charge is 2.32. The van der Waals surface area contributed by atoms with Crippen molar-refractivity contribution < 1.29 is 17.9 Å². The topological polar surface area (TPSA) is 63.7 Å². The van der Waals surface area contributed by atoms with Crippen LogP contribution in [-0.2, 0) is 9.84 Å². The molecule has 0 spiro atoms. The molecule has 0 fully saturated rings. The Kier molecular flexibility index (Phi) is 5.72. The summed E-state index contributed by atoms with van der Waals surface area (Å²) in [4.78, 5) is 14.7. The minimum Gasteiger partial charge on any atom is -0.491 e. The van der Waals surface area contributed by atoms with E-state index in [9.17, 15) is 13.2 Å². The Hall–Kier alpha value is -2.12. The van der Waals surface area contributed by atoms with Crippen LogP contribution in [0.2, 0.25) is 0 Å². The highest BCUT2D eigenvalue weighted by atomic mass is 79.9. The zero-order valence-electron chi connectivity index (χ0n) is 15.0. The SMILES string of the molecule is CC(C)Oc1ccc(C(=O)N(c2ccc(Br)cc2)[C@H]2C=CS(=O)(=O)C2)cc1. The standard InChI is InChI=1S/C20H20BrNO4S/c1-14(2)26-19-9-3-15(4-10-19)20(23)22(17-7-5-16(21)6-8-17)18-11-12-27(24,25)13-18/h3-12,14,18H,13H2,1-2H3/t18-/m0/s1. The molecule has 1 aliphatic rings. The van der Waals surface area contributed by atoms with Gasteiger partial charge in [-0.2, -0.15) is 0 Å². The van der Waals surface area contributed by atoms with Crippen molar-refractivity contribution in [3.8, 4) is 5.75 Å². The van der Waals surface area contributed by atoms with Gasteiger partial charge in [-0.1, -0.05) is 15.9 Å². The van der Waals surface area contributed by atoms with Gasteiger partial charge in [0.05, 0.1) is 17.9 Å². The average molecular weight is 450 g/mol. The first kappa shape index (κ1) is 19.6. The predicted molar refractivity (Wildman–Crippen MR) is 110 cm³/mol. The molecule has 2 aromatic rings. The molecule has 0 radical (unpaired) electrons. The fourth-order valence-corrected chi connectivity index (χ4v) is 4.40. The fraction of sp³-hybridized carbons (Fsp3) is 0.250. The predicted octanol–water partition coefficient (Wildman–Crippen LogP) is 4.19. The third-order valence-corrected chi connectivity index (χ3v) is 5.95. The second kappa shape index (κ2) is 7.86. The van der Waals surface area contributed by atoms with E-state index in [1.165, 1.54) is 10.3 Å². The van der Waals surface area contributed by atoms with Gasteiger partial charge in [-0.3, -0.25) is 4.79 Å². The molecule has 0 bridgehead atoms. The van der Waals surface area contributed by atoms with Crippen molar-refractivity contribution in [3.05, 3.63) is 70.1 Å². The number of hydrogen-bond donors (Lipinski definition) is 0. The summed E-state index contributed by atoms with van der Waals surface area (Å²) in [6, 6.07) is 13.6. The summed E-state index contributed by atoms with van der Waals surface area (Å²) in [5, 5.41) is 1.18. The molecule has 0 N–H and O–H groups in total. The van der Waals surface area contributed by atoms with Crippen LogP contribution in [0.5, 0.6) is 5.75 Å². The Morgan fingerprint density at radius 2 is 1.74 bits per heavy atom. The maximum atomic E-state index is 13.2. The number of carbonyl (C=O) groups is 1. The van der Waals surface area contributed by atoms with Gasteiger partial charge in [-0.25, -0.2) is 8.42 Å². The lowest BCUT2D eigenvalue weighted by molar-refractivity contribution is 0.0983. The number of ether oxygens (including phenoxy) is 1. The van der Waals surface area contributed by atoms with Crippen LogP contribution in [-0.4, -0.2) is 32.2 Å². The summed E-state index contributed by atoms with van der Waals surface area (Å²) in [7, 11) is -3.30. The van der Waals surface area contributed by atoms with Gasteiger partial charge in [0.25, 0.3) is 5.91 Å². The highest BCUT2D eigenvalue weighted by molar-refractivity contribution is 9.10. The van der Waals surface area contributed by atoms with E-state index >= 15 is 0 Å². The van der Waals surface area contributed by atoms with Crippen molar-refractivity contribution in [3.63, 3.8) is 0 Å². The maximum Gasteiger partial charge on any atom is 0.258 e. The molecule has 7 heteroatoms. The van der Waals surface area contributed by atoms with Crippen LogP contribution >= 0.6 is 15.9 Å². The third kappa shape index (κ3) is 4.78. The number of hydrogen-bond acceptors (Lipinski definition) is 4. The monoisotopic (exact) mass is 449 g/mol. The highest BCUT2D eigenvalue weighted by Crippen LogP contribution is 2.27. The van der Waals surface area contributed by atoms with Gasteiger partial charge in [0.1, 0.15) is 5.75 Å². The Morgan fingerprint density at radius 3 is 2.26 bits per heavy atom. The van der Waals surface area contributed by atoms with Crippen molar-refractivity contribution in [1.82, 2.24) is 0 Å². The van der Waals surface area contributed by atoms with Crippen LogP contribution in [0.3, 0.4) is 0 Å². The molecule has 1 atom stereocenters. The van der Waals surface area contributed by atoms with Crippen LogP contribution < -0.4 is 9.64 Å². The molecular weight excluding hydrogens is 430 g/mol. The maximum absolute atomic E-state index is 13.2. The van der Waals surface area contributed by atoms with Gasteiger partial charge >= 0.3 is 0 Å². The lowest BCUT2D eigenvalue weighted by Crippen LogP contribution is -2.41. The molecule has 2 aromatic carbocycles. The van der Waals surface area contributed by atoms with E-state index in [0.29, 0.717) is 17.0 Å². The van der Waals surface area contributed by atoms with Crippen LogP contribution in [0.1, 0.15) is 24.2 Å². The van der Waals surface area contributed by atoms with E-state index < -0.39 is 15.9 Å². The van der Waals surface area contributed by atoms with Crippen molar-refractivity contribution in [2.75, 3.05) is 10.7 Å². The van der Waals surface area contributed by atoms with Crippen molar-refractivity contribution in [2.24, 2.45) is 0 Å². The first-order valence-corrected chi connectivity index (χ1v) is 11.0. The molecule has 142 valence electrons. The Bertz CT molecular complexity index is 950. The molecule has 0 aliphatic carbocycles. The first-order valence-electron chi connectivity index (χ1n) is 8.52. The zero-order valence-corrected chi connectivity index (χ0v) is 17.4. The molecule has 3 rings (SSSR count). The minimum absolute atomic E-state index is 0.0413. The molecule has 0 aromatic heterocycles. The molecule has 0 saturated heterocycles. The third-order valence-electron chi connectivity index (χ3n) is 4.04.